The highest BCUT2D eigenvalue weighted by molar-refractivity contribution is 5.95. The van der Waals surface area contributed by atoms with Crippen LogP contribution in [0.15, 0.2) is 18.7 Å². The van der Waals surface area contributed by atoms with Gasteiger partial charge in [0.1, 0.15) is 12.2 Å². The van der Waals surface area contributed by atoms with Crippen LogP contribution in [0.25, 0.3) is 5.57 Å². The second-order valence-electron chi connectivity index (χ2n) is 4.09. The molecule has 0 saturated heterocycles. The van der Waals surface area contributed by atoms with Gasteiger partial charge in [-0.3, -0.25) is 9.59 Å². The van der Waals surface area contributed by atoms with E-state index in [1.807, 2.05) is 0 Å². The van der Waals surface area contributed by atoms with E-state index in [1.54, 1.807) is 26.1 Å². The molecule has 0 bridgehead atoms. The smallest absolute Gasteiger partial charge is 0.313 e. The second kappa shape index (κ2) is 7.98. The number of rotatable bonds is 8. The molecule has 0 N–H and O–H groups in total. The lowest BCUT2D eigenvalue weighted by molar-refractivity contribution is -0.145. The minimum atomic E-state index is -0.477. The number of ether oxygens (including phenoxy) is 1. The van der Waals surface area contributed by atoms with Gasteiger partial charge in [-0.1, -0.05) is 18.7 Å². The third-order valence-corrected chi connectivity index (χ3v) is 2.35. The molecule has 7 heteroatoms. The number of esters is 1. The largest absolute Gasteiger partial charge is 0.466 e. The van der Waals surface area contributed by atoms with E-state index in [0.29, 0.717) is 17.8 Å². The maximum Gasteiger partial charge on any atom is 0.313 e. The van der Waals surface area contributed by atoms with E-state index in [4.69, 9.17) is 4.74 Å². The first-order valence-electron chi connectivity index (χ1n) is 6.30. The SMILES string of the molecule is C=C(C=CCCC(=O)CC(=O)OCC)c1nnn(C)n1. The number of hydrogen-bond acceptors (Lipinski definition) is 6. The highest BCUT2D eigenvalue weighted by atomic mass is 16.5. The number of aromatic nitrogens is 4. The van der Waals surface area contributed by atoms with E-state index in [0.717, 1.165) is 0 Å². The van der Waals surface area contributed by atoms with Gasteiger partial charge >= 0.3 is 5.97 Å². The molecule has 20 heavy (non-hydrogen) atoms. The zero-order valence-electron chi connectivity index (χ0n) is 11.7. The molecule has 0 aromatic carbocycles. The van der Waals surface area contributed by atoms with E-state index in [1.165, 1.54) is 4.80 Å². The summed E-state index contributed by atoms with van der Waals surface area (Å²) in [5.41, 5.74) is 0.621. The predicted octanol–water partition coefficient (Wildman–Crippen LogP) is 1.08. The van der Waals surface area contributed by atoms with E-state index in [9.17, 15) is 9.59 Å². The van der Waals surface area contributed by atoms with Crippen LogP contribution in [0.3, 0.4) is 0 Å². The molecule has 7 nitrogen and oxygen atoms in total. The zero-order valence-corrected chi connectivity index (χ0v) is 11.7. The third kappa shape index (κ3) is 5.55. The molecule has 0 fully saturated rings. The van der Waals surface area contributed by atoms with Crippen molar-refractivity contribution >= 4 is 17.3 Å². The van der Waals surface area contributed by atoms with Crippen LogP contribution < -0.4 is 0 Å². The first-order chi connectivity index (χ1) is 9.52. The Labute approximate surface area is 117 Å². The van der Waals surface area contributed by atoms with Gasteiger partial charge in [-0.2, -0.15) is 4.80 Å². The van der Waals surface area contributed by atoms with Crippen LogP contribution in [0.1, 0.15) is 32.0 Å². The second-order valence-corrected chi connectivity index (χ2v) is 4.09. The molecule has 1 rings (SSSR count). The molecule has 108 valence electrons. The Hall–Kier alpha value is -2.31. The summed E-state index contributed by atoms with van der Waals surface area (Å²) >= 11 is 0. The quantitative estimate of drug-likeness (QED) is 0.402. The molecule has 0 atom stereocenters. The molecule has 0 aliphatic heterocycles. The van der Waals surface area contributed by atoms with Crippen molar-refractivity contribution in [2.75, 3.05) is 6.61 Å². The first kappa shape index (κ1) is 15.7. The van der Waals surface area contributed by atoms with Gasteiger partial charge < -0.3 is 4.74 Å². The summed E-state index contributed by atoms with van der Waals surface area (Å²) in [6.45, 7) is 5.80. The van der Waals surface area contributed by atoms with Crippen molar-refractivity contribution < 1.29 is 14.3 Å². The van der Waals surface area contributed by atoms with Gasteiger partial charge in [-0.25, -0.2) is 0 Å². The van der Waals surface area contributed by atoms with Gasteiger partial charge in [0.25, 0.3) is 0 Å². The van der Waals surface area contributed by atoms with E-state index < -0.39 is 5.97 Å². The molecule has 1 aromatic rings. The van der Waals surface area contributed by atoms with Crippen LogP contribution in [-0.2, 0) is 21.4 Å². The van der Waals surface area contributed by atoms with Crippen molar-refractivity contribution in [1.82, 2.24) is 20.2 Å². The molecule has 1 aromatic heterocycles. The Bertz CT molecular complexity index is 519. The third-order valence-electron chi connectivity index (χ3n) is 2.35. The lowest BCUT2D eigenvalue weighted by Crippen LogP contribution is -2.10. The number of carbonyl (C=O) groups excluding carboxylic acids is 2. The number of hydrogen-bond donors (Lipinski definition) is 0. The van der Waals surface area contributed by atoms with Gasteiger partial charge in [0.05, 0.1) is 13.7 Å². The Morgan fingerprint density at radius 3 is 2.80 bits per heavy atom. The lowest BCUT2D eigenvalue weighted by Gasteiger charge is -1.99. The summed E-state index contributed by atoms with van der Waals surface area (Å²) in [5, 5.41) is 11.5. The van der Waals surface area contributed by atoms with Crippen molar-refractivity contribution in [3.8, 4) is 0 Å². The lowest BCUT2D eigenvalue weighted by atomic mass is 10.1. The summed E-state index contributed by atoms with van der Waals surface area (Å²) in [6.07, 6.45) is 4.17. The fraction of sp³-hybridized carbons (Fsp3) is 0.462. The van der Waals surface area contributed by atoms with E-state index in [-0.39, 0.29) is 25.2 Å². The topological polar surface area (TPSA) is 87.0 Å². The molecule has 0 amide bonds. The van der Waals surface area contributed by atoms with Crippen molar-refractivity contribution in [2.24, 2.45) is 7.05 Å². The number of ketones is 1. The van der Waals surface area contributed by atoms with Crippen molar-refractivity contribution in [3.63, 3.8) is 0 Å². The molecule has 0 aliphatic rings. The Morgan fingerprint density at radius 1 is 1.45 bits per heavy atom. The molecule has 0 spiro atoms. The summed E-state index contributed by atoms with van der Waals surface area (Å²) in [6, 6.07) is 0. The zero-order chi connectivity index (χ0) is 15.0. The van der Waals surface area contributed by atoms with Crippen LogP contribution in [0.4, 0.5) is 0 Å². The number of aryl methyl sites for hydroxylation is 1. The number of carbonyl (C=O) groups is 2. The van der Waals surface area contributed by atoms with Gasteiger partial charge in [-0.05, 0) is 18.6 Å². The summed E-state index contributed by atoms with van der Waals surface area (Å²) in [4.78, 5) is 23.9. The van der Waals surface area contributed by atoms with E-state index >= 15 is 0 Å². The van der Waals surface area contributed by atoms with Crippen LogP contribution >= 0.6 is 0 Å². The van der Waals surface area contributed by atoms with Gasteiger partial charge in [0.2, 0.25) is 5.82 Å². The Morgan fingerprint density at radius 2 is 2.20 bits per heavy atom. The van der Waals surface area contributed by atoms with Gasteiger partial charge in [-0.15, -0.1) is 10.2 Å². The van der Waals surface area contributed by atoms with Crippen molar-refractivity contribution in [2.45, 2.75) is 26.2 Å². The van der Waals surface area contributed by atoms with Crippen LogP contribution in [0, 0.1) is 0 Å². The fourth-order valence-corrected chi connectivity index (χ4v) is 1.42. The number of nitrogens with zero attached hydrogens (tertiary/aromatic N) is 4. The predicted molar refractivity (Wildman–Crippen MR) is 72.5 cm³/mol. The number of tetrazole rings is 1. The number of allylic oxidation sites excluding steroid dienone is 3. The van der Waals surface area contributed by atoms with Gasteiger partial charge in [0.15, 0.2) is 0 Å². The average Bonchev–Trinajstić information content (AvgIpc) is 2.81. The fourth-order valence-electron chi connectivity index (χ4n) is 1.42. The van der Waals surface area contributed by atoms with Gasteiger partial charge in [0, 0.05) is 12.0 Å². The average molecular weight is 278 g/mol. The first-order valence-corrected chi connectivity index (χ1v) is 6.30. The summed E-state index contributed by atoms with van der Waals surface area (Å²) in [5.74, 6) is -0.174. The minimum Gasteiger partial charge on any atom is -0.466 e. The summed E-state index contributed by atoms with van der Waals surface area (Å²) < 4.78 is 4.70. The highest BCUT2D eigenvalue weighted by Crippen LogP contribution is 2.07. The molecule has 1 heterocycles. The van der Waals surface area contributed by atoms with Crippen molar-refractivity contribution in [1.29, 1.82) is 0 Å². The molecule has 0 saturated carbocycles. The summed E-state index contributed by atoms with van der Waals surface area (Å²) in [7, 11) is 1.67. The minimum absolute atomic E-state index is 0.142. The molecule has 0 unspecified atom stereocenters. The Kier molecular flexibility index (Phi) is 6.28. The maximum atomic E-state index is 11.5. The normalized spacial score (nSPS) is 10.7. The maximum absolute atomic E-state index is 11.5. The highest BCUT2D eigenvalue weighted by Gasteiger charge is 2.09. The molecule has 0 aliphatic carbocycles. The molecule has 0 radical (unpaired) electrons. The van der Waals surface area contributed by atoms with Crippen LogP contribution in [-0.4, -0.2) is 38.6 Å². The Balaban J connectivity index is 2.29. The van der Waals surface area contributed by atoms with E-state index in [2.05, 4.69) is 22.0 Å². The van der Waals surface area contributed by atoms with Crippen molar-refractivity contribution in [3.05, 3.63) is 24.6 Å². The molecular formula is C13H18N4O3. The standard InChI is InChI=1S/C13H18N4O3/c1-4-20-12(19)9-11(18)8-6-5-7-10(2)13-14-16-17(3)15-13/h5,7H,2,4,6,8-9H2,1,3H3. The van der Waals surface area contributed by atoms with Crippen LogP contribution in [0.5, 0.6) is 0 Å². The monoisotopic (exact) mass is 278 g/mol. The van der Waals surface area contributed by atoms with Crippen LogP contribution in [0.2, 0.25) is 0 Å². The number of Topliss-reactive ketones (excluding diaryl/α,β-unsaturated/α-hetero) is 1. The molecular weight excluding hydrogens is 260 g/mol.